The maximum Gasteiger partial charge on any atom is 0.268 e. The van der Waals surface area contributed by atoms with Gasteiger partial charge in [0.15, 0.2) is 0 Å². The first-order valence-corrected chi connectivity index (χ1v) is 6.91. The second kappa shape index (κ2) is 5.60. The minimum absolute atomic E-state index is 0.0225. The van der Waals surface area contributed by atoms with E-state index in [0.29, 0.717) is 17.2 Å². The van der Waals surface area contributed by atoms with Crippen molar-refractivity contribution < 1.29 is 9.18 Å². The number of hydrogen-bond donors (Lipinski definition) is 1. The molecule has 0 fully saturated rings. The van der Waals surface area contributed by atoms with Gasteiger partial charge in [-0.2, -0.15) is 0 Å². The molecular weight excluding hydrogens is 297 g/mol. The van der Waals surface area contributed by atoms with Gasteiger partial charge in [0.2, 0.25) is 0 Å². The Kier molecular flexibility index (Phi) is 3.61. The Hall–Kier alpha value is -3.09. The number of halogens is 1. The van der Waals surface area contributed by atoms with Crippen molar-refractivity contribution in [2.75, 3.05) is 0 Å². The lowest BCUT2D eigenvalue weighted by Gasteiger charge is -2.15. The van der Waals surface area contributed by atoms with Gasteiger partial charge < -0.3 is 10.3 Å². The van der Waals surface area contributed by atoms with E-state index >= 15 is 0 Å². The molecule has 3 aromatic heterocycles. The van der Waals surface area contributed by atoms with Crippen LogP contribution in [0.3, 0.4) is 0 Å². The summed E-state index contributed by atoms with van der Waals surface area (Å²) in [4.78, 5) is 24.3. The molecule has 0 aliphatic rings. The van der Waals surface area contributed by atoms with E-state index in [9.17, 15) is 9.18 Å². The van der Waals surface area contributed by atoms with Crippen LogP contribution in [0.4, 0.5) is 4.39 Å². The van der Waals surface area contributed by atoms with Crippen LogP contribution in [0.5, 0.6) is 0 Å². The number of imidazole rings is 1. The number of amides is 1. The number of hydrogen-bond acceptors (Lipinski definition) is 4. The van der Waals surface area contributed by atoms with Gasteiger partial charge in [-0.05, 0) is 32.0 Å². The van der Waals surface area contributed by atoms with Crippen molar-refractivity contribution in [3.8, 4) is 16.9 Å². The molecule has 23 heavy (non-hydrogen) atoms. The van der Waals surface area contributed by atoms with Gasteiger partial charge >= 0.3 is 0 Å². The Bertz CT molecular complexity index is 903. The highest BCUT2D eigenvalue weighted by Gasteiger charge is 2.22. The fourth-order valence-corrected chi connectivity index (χ4v) is 2.46. The number of primary amides is 1. The summed E-state index contributed by atoms with van der Waals surface area (Å²) >= 11 is 0. The minimum atomic E-state index is -0.743. The van der Waals surface area contributed by atoms with Crippen molar-refractivity contribution in [1.29, 1.82) is 0 Å². The SMILES string of the molecule is Cc1cc(-n2ccnc2C)c(-c2ncccc2F)c(C(N)=O)n1. The van der Waals surface area contributed by atoms with Crippen LogP contribution in [0.25, 0.3) is 16.9 Å². The number of rotatable bonds is 3. The Morgan fingerprint density at radius 3 is 2.65 bits per heavy atom. The molecule has 116 valence electrons. The summed E-state index contributed by atoms with van der Waals surface area (Å²) in [7, 11) is 0. The molecular formula is C16H14FN5O. The third kappa shape index (κ3) is 2.57. The topological polar surface area (TPSA) is 86.7 Å². The number of nitrogens with zero attached hydrogens (tertiary/aromatic N) is 4. The lowest BCUT2D eigenvalue weighted by Crippen LogP contribution is -2.18. The fourth-order valence-electron chi connectivity index (χ4n) is 2.46. The lowest BCUT2D eigenvalue weighted by molar-refractivity contribution is 0.0996. The summed E-state index contributed by atoms with van der Waals surface area (Å²) in [6.45, 7) is 3.54. The standard InChI is InChI=1S/C16H14FN5O/c1-9-8-12(22-7-6-19-10(22)2)13(15(21-9)16(18)23)14-11(17)4-3-5-20-14/h3-8H,1-2H3,(H2,18,23). The van der Waals surface area contributed by atoms with Gasteiger partial charge in [-0.25, -0.2) is 14.4 Å². The zero-order chi connectivity index (χ0) is 16.6. The molecule has 0 atom stereocenters. The Labute approximate surface area is 131 Å². The monoisotopic (exact) mass is 311 g/mol. The van der Waals surface area contributed by atoms with E-state index in [1.54, 1.807) is 36.9 Å². The lowest BCUT2D eigenvalue weighted by atomic mass is 10.0. The average Bonchev–Trinajstić information content (AvgIpc) is 2.93. The number of aryl methyl sites for hydroxylation is 2. The molecule has 0 aliphatic heterocycles. The summed E-state index contributed by atoms with van der Waals surface area (Å²) in [5.41, 5.74) is 6.85. The van der Waals surface area contributed by atoms with E-state index in [-0.39, 0.29) is 17.0 Å². The minimum Gasteiger partial charge on any atom is -0.364 e. The van der Waals surface area contributed by atoms with Crippen LogP contribution in [0, 0.1) is 19.7 Å². The highest BCUT2D eigenvalue weighted by atomic mass is 19.1. The molecule has 0 aliphatic carbocycles. The van der Waals surface area contributed by atoms with Crippen molar-refractivity contribution >= 4 is 5.91 Å². The molecule has 0 saturated heterocycles. The molecule has 6 nitrogen and oxygen atoms in total. The molecule has 3 rings (SSSR count). The first-order chi connectivity index (χ1) is 11.0. The summed E-state index contributed by atoms with van der Waals surface area (Å²) in [6, 6.07) is 4.49. The maximum absolute atomic E-state index is 14.3. The van der Waals surface area contributed by atoms with Gasteiger partial charge in [0.1, 0.15) is 23.0 Å². The van der Waals surface area contributed by atoms with E-state index in [2.05, 4.69) is 15.0 Å². The van der Waals surface area contributed by atoms with E-state index in [1.165, 1.54) is 18.3 Å². The first-order valence-electron chi connectivity index (χ1n) is 6.91. The summed E-state index contributed by atoms with van der Waals surface area (Å²) in [5.74, 6) is -0.615. The molecule has 0 saturated carbocycles. The normalized spacial score (nSPS) is 10.7. The van der Waals surface area contributed by atoms with Crippen LogP contribution in [0.15, 0.2) is 36.8 Å². The molecule has 0 bridgehead atoms. The Balaban J connectivity index is 2.43. The predicted molar refractivity (Wildman–Crippen MR) is 82.5 cm³/mol. The summed E-state index contributed by atoms with van der Waals surface area (Å²) < 4.78 is 16.0. The number of carbonyl (C=O) groups excluding carboxylic acids is 1. The van der Waals surface area contributed by atoms with Crippen LogP contribution in [-0.2, 0) is 0 Å². The van der Waals surface area contributed by atoms with Crippen LogP contribution in [-0.4, -0.2) is 25.4 Å². The Morgan fingerprint density at radius 1 is 1.26 bits per heavy atom. The quantitative estimate of drug-likeness (QED) is 0.803. The molecule has 0 radical (unpaired) electrons. The molecule has 1 amide bonds. The highest BCUT2D eigenvalue weighted by Crippen LogP contribution is 2.31. The van der Waals surface area contributed by atoms with E-state index in [0.717, 1.165) is 0 Å². The largest absolute Gasteiger partial charge is 0.364 e. The van der Waals surface area contributed by atoms with Crippen molar-refractivity contribution in [2.24, 2.45) is 5.73 Å². The van der Waals surface area contributed by atoms with Gasteiger partial charge in [0.05, 0.1) is 11.3 Å². The molecule has 0 aromatic carbocycles. The van der Waals surface area contributed by atoms with Crippen LogP contribution < -0.4 is 5.73 Å². The third-order valence-corrected chi connectivity index (χ3v) is 3.44. The van der Waals surface area contributed by atoms with E-state index in [4.69, 9.17) is 5.73 Å². The predicted octanol–water partition coefficient (Wildman–Crippen LogP) is 2.18. The number of aromatic nitrogens is 4. The van der Waals surface area contributed by atoms with Gasteiger partial charge in [-0.3, -0.25) is 9.78 Å². The zero-order valence-electron chi connectivity index (χ0n) is 12.6. The van der Waals surface area contributed by atoms with Gasteiger partial charge in [0.25, 0.3) is 5.91 Å². The second-order valence-corrected chi connectivity index (χ2v) is 5.05. The molecule has 7 heteroatoms. The van der Waals surface area contributed by atoms with Crippen LogP contribution in [0.1, 0.15) is 22.0 Å². The van der Waals surface area contributed by atoms with Crippen molar-refractivity contribution in [2.45, 2.75) is 13.8 Å². The molecule has 3 heterocycles. The molecule has 3 aromatic rings. The highest BCUT2D eigenvalue weighted by molar-refractivity contribution is 5.99. The van der Waals surface area contributed by atoms with Crippen LogP contribution >= 0.6 is 0 Å². The Morgan fingerprint density at radius 2 is 2.04 bits per heavy atom. The summed E-state index contributed by atoms with van der Waals surface area (Å²) in [5, 5.41) is 0. The van der Waals surface area contributed by atoms with Gasteiger partial charge in [0, 0.05) is 24.3 Å². The second-order valence-electron chi connectivity index (χ2n) is 5.05. The number of pyridine rings is 2. The van der Waals surface area contributed by atoms with Crippen molar-refractivity contribution in [3.63, 3.8) is 0 Å². The van der Waals surface area contributed by atoms with Crippen LogP contribution in [0.2, 0.25) is 0 Å². The van der Waals surface area contributed by atoms with E-state index in [1.807, 2.05) is 0 Å². The molecule has 0 spiro atoms. The van der Waals surface area contributed by atoms with Crippen molar-refractivity contribution in [1.82, 2.24) is 19.5 Å². The first kappa shape index (κ1) is 14.8. The fraction of sp³-hybridized carbons (Fsp3) is 0.125. The van der Waals surface area contributed by atoms with Crippen molar-refractivity contribution in [3.05, 3.63) is 59.8 Å². The smallest absolute Gasteiger partial charge is 0.268 e. The molecule has 0 unspecified atom stereocenters. The average molecular weight is 311 g/mol. The van der Waals surface area contributed by atoms with Gasteiger partial charge in [-0.1, -0.05) is 0 Å². The van der Waals surface area contributed by atoms with E-state index < -0.39 is 11.7 Å². The third-order valence-electron chi connectivity index (χ3n) is 3.44. The number of carbonyl (C=O) groups is 1. The molecule has 2 N–H and O–H groups in total. The number of nitrogens with two attached hydrogens (primary N) is 1. The summed E-state index contributed by atoms with van der Waals surface area (Å²) in [6.07, 6.45) is 4.79. The van der Waals surface area contributed by atoms with Gasteiger partial charge in [-0.15, -0.1) is 0 Å². The zero-order valence-corrected chi connectivity index (χ0v) is 12.6. The maximum atomic E-state index is 14.3.